The smallest absolute Gasteiger partial charge is 0.243 e. The molecule has 1 fully saturated rings. The molecule has 0 atom stereocenters. The number of nitrogens with zero attached hydrogens (tertiary/aromatic N) is 1. The number of Topliss-reactive ketones (excluding diaryl/α,β-unsaturated/α-hetero) is 1. The lowest BCUT2D eigenvalue weighted by molar-refractivity contribution is 0.0988. The highest BCUT2D eigenvalue weighted by atomic mass is 32.2. The van der Waals surface area contributed by atoms with Crippen molar-refractivity contribution < 1.29 is 13.2 Å². The summed E-state index contributed by atoms with van der Waals surface area (Å²) in [6, 6.07) is 6.30. The van der Waals surface area contributed by atoms with Crippen LogP contribution in [0, 0.1) is 0 Å². The van der Waals surface area contributed by atoms with Crippen LogP contribution in [0.5, 0.6) is 0 Å². The van der Waals surface area contributed by atoms with Gasteiger partial charge in [-0.05, 0) is 25.0 Å². The first kappa shape index (κ1) is 15.2. The van der Waals surface area contributed by atoms with Crippen molar-refractivity contribution in [2.75, 3.05) is 13.1 Å². The van der Waals surface area contributed by atoms with Gasteiger partial charge in [0.25, 0.3) is 0 Å². The highest BCUT2D eigenvalue weighted by Gasteiger charge is 2.25. The zero-order valence-corrected chi connectivity index (χ0v) is 12.7. The fraction of sp³-hybridized carbons (Fsp3) is 0.533. The quantitative estimate of drug-likeness (QED) is 0.803. The molecular weight excluding hydrogens is 274 g/mol. The van der Waals surface area contributed by atoms with E-state index >= 15 is 0 Å². The molecule has 1 aromatic carbocycles. The Labute approximate surface area is 120 Å². The fourth-order valence-electron chi connectivity index (χ4n) is 2.45. The van der Waals surface area contributed by atoms with E-state index in [1.54, 1.807) is 35.5 Å². The molecule has 0 spiro atoms. The van der Waals surface area contributed by atoms with Gasteiger partial charge in [0.1, 0.15) is 0 Å². The first-order chi connectivity index (χ1) is 9.55. The van der Waals surface area contributed by atoms with Gasteiger partial charge in [-0.25, -0.2) is 8.42 Å². The zero-order valence-electron chi connectivity index (χ0n) is 11.8. The van der Waals surface area contributed by atoms with E-state index in [0.29, 0.717) is 25.1 Å². The standard InChI is InChI=1S/C15H21NO3S/c1-2-15(17)13-7-9-14(10-8-13)20(18,19)16-11-5-3-4-6-12-16/h7-10H,2-6,11-12H2,1H3. The molecule has 4 nitrogen and oxygen atoms in total. The number of carbonyl (C=O) groups excluding carboxylic acids is 1. The highest BCUT2D eigenvalue weighted by molar-refractivity contribution is 7.89. The van der Waals surface area contributed by atoms with Crippen LogP contribution in [-0.2, 0) is 10.0 Å². The summed E-state index contributed by atoms with van der Waals surface area (Å²) >= 11 is 0. The number of rotatable bonds is 4. The summed E-state index contributed by atoms with van der Waals surface area (Å²) in [5.41, 5.74) is 0.572. The van der Waals surface area contributed by atoms with Crippen molar-refractivity contribution in [1.29, 1.82) is 0 Å². The first-order valence-corrected chi connectivity index (χ1v) is 8.63. The zero-order chi connectivity index (χ0) is 14.6. The summed E-state index contributed by atoms with van der Waals surface area (Å²) < 4.78 is 26.6. The lowest BCUT2D eigenvalue weighted by Gasteiger charge is -2.19. The van der Waals surface area contributed by atoms with E-state index < -0.39 is 10.0 Å². The van der Waals surface area contributed by atoms with E-state index in [2.05, 4.69) is 0 Å². The minimum Gasteiger partial charge on any atom is -0.294 e. The Hall–Kier alpha value is -1.20. The highest BCUT2D eigenvalue weighted by Crippen LogP contribution is 2.20. The van der Waals surface area contributed by atoms with E-state index in [0.717, 1.165) is 25.7 Å². The fourth-order valence-corrected chi connectivity index (χ4v) is 3.97. The lowest BCUT2D eigenvalue weighted by atomic mass is 10.1. The van der Waals surface area contributed by atoms with Crippen LogP contribution >= 0.6 is 0 Å². The molecule has 0 amide bonds. The van der Waals surface area contributed by atoms with Gasteiger partial charge in [-0.15, -0.1) is 0 Å². The van der Waals surface area contributed by atoms with Gasteiger partial charge in [0.2, 0.25) is 10.0 Å². The van der Waals surface area contributed by atoms with Crippen LogP contribution in [-0.4, -0.2) is 31.6 Å². The number of carbonyl (C=O) groups is 1. The third kappa shape index (κ3) is 3.27. The molecule has 20 heavy (non-hydrogen) atoms. The monoisotopic (exact) mass is 295 g/mol. The SMILES string of the molecule is CCC(=O)c1ccc(S(=O)(=O)N2CCCCCC2)cc1. The van der Waals surface area contributed by atoms with Crippen LogP contribution < -0.4 is 0 Å². The minimum atomic E-state index is -3.41. The van der Waals surface area contributed by atoms with Gasteiger partial charge in [-0.2, -0.15) is 4.31 Å². The molecule has 0 radical (unpaired) electrons. The largest absolute Gasteiger partial charge is 0.294 e. The van der Waals surface area contributed by atoms with E-state index in [9.17, 15) is 13.2 Å². The van der Waals surface area contributed by atoms with Crippen molar-refractivity contribution in [3.05, 3.63) is 29.8 Å². The Bertz CT molecular complexity index is 555. The average Bonchev–Trinajstić information content (AvgIpc) is 2.76. The third-order valence-electron chi connectivity index (χ3n) is 3.70. The van der Waals surface area contributed by atoms with Crippen molar-refractivity contribution in [2.24, 2.45) is 0 Å². The van der Waals surface area contributed by atoms with Crippen molar-refractivity contribution in [3.63, 3.8) is 0 Å². The van der Waals surface area contributed by atoms with Gasteiger partial charge < -0.3 is 0 Å². The molecule has 0 unspecified atom stereocenters. The normalized spacial score (nSPS) is 17.6. The molecule has 0 aromatic heterocycles. The Balaban J connectivity index is 2.22. The molecular formula is C15H21NO3S. The Morgan fingerprint density at radius 2 is 1.60 bits per heavy atom. The maximum atomic E-state index is 12.5. The predicted molar refractivity (Wildman–Crippen MR) is 78.3 cm³/mol. The van der Waals surface area contributed by atoms with Crippen LogP contribution in [0.3, 0.4) is 0 Å². The first-order valence-electron chi connectivity index (χ1n) is 7.19. The molecule has 1 aliphatic heterocycles. The molecule has 1 saturated heterocycles. The van der Waals surface area contributed by atoms with Crippen LogP contribution in [0.4, 0.5) is 0 Å². The summed E-state index contributed by atoms with van der Waals surface area (Å²) in [5.74, 6) is 0.0312. The summed E-state index contributed by atoms with van der Waals surface area (Å²) in [6.45, 7) is 2.99. The molecule has 2 rings (SSSR count). The van der Waals surface area contributed by atoms with E-state index in [1.807, 2.05) is 0 Å². The van der Waals surface area contributed by atoms with Crippen molar-refractivity contribution in [1.82, 2.24) is 4.31 Å². The molecule has 1 aromatic rings. The van der Waals surface area contributed by atoms with Gasteiger partial charge in [0, 0.05) is 25.1 Å². The van der Waals surface area contributed by atoms with Crippen LogP contribution in [0.1, 0.15) is 49.4 Å². The van der Waals surface area contributed by atoms with Crippen LogP contribution in [0.15, 0.2) is 29.2 Å². The number of sulfonamides is 1. The van der Waals surface area contributed by atoms with Crippen LogP contribution in [0.2, 0.25) is 0 Å². The Kier molecular flexibility index (Phi) is 4.94. The van der Waals surface area contributed by atoms with Crippen LogP contribution in [0.25, 0.3) is 0 Å². The topological polar surface area (TPSA) is 54.5 Å². The van der Waals surface area contributed by atoms with Crippen molar-refractivity contribution in [2.45, 2.75) is 43.9 Å². The van der Waals surface area contributed by atoms with Gasteiger partial charge in [0.05, 0.1) is 4.90 Å². The molecule has 0 N–H and O–H groups in total. The number of hydrogen-bond donors (Lipinski definition) is 0. The summed E-state index contributed by atoms with van der Waals surface area (Å²) in [4.78, 5) is 11.8. The summed E-state index contributed by atoms with van der Waals surface area (Å²) in [7, 11) is -3.41. The second-order valence-electron chi connectivity index (χ2n) is 5.12. The molecule has 0 saturated carbocycles. The van der Waals surface area contributed by atoms with Gasteiger partial charge in [-0.3, -0.25) is 4.79 Å². The Morgan fingerprint density at radius 1 is 1.05 bits per heavy atom. The summed E-state index contributed by atoms with van der Waals surface area (Å²) in [5, 5.41) is 0. The molecule has 0 aliphatic carbocycles. The number of hydrogen-bond acceptors (Lipinski definition) is 3. The lowest BCUT2D eigenvalue weighted by Crippen LogP contribution is -2.31. The maximum absolute atomic E-state index is 12.5. The van der Waals surface area contributed by atoms with Crippen molar-refractivity contribution in [3.8, 4) is 0 Å². The van der Waals surface area contributed by atoms with E-state index in [1.165, 1.54) is 0 Å². The second-order valence-corrected chi connectivity index (χ2v) is 7.06. The summed E-state index contributed by atoms with van der Waals surface area (Å²) in [6.07, 6.45) is 4.46. The number of ketones is 1. The number of benzene rings is 1. The third-order valence-corrected chi connectivity index (χ3v) is 5.61. The van der Waals surface area contributed by atoms with Gasteiger partial charge >= 0.3 is 0 Å². The van der Waals surface area contributed by atoms with E-state index in [4.69, 9.17) is 0 Å². The van der Waals surface area contributed by atoms with E-state index in [-0.39, 0.29) is 10.7 Å². The van der Waals surface area contributed by atoms with Gasteiger partial charge in [-0.1, -0.05) is 31.9 Å². The Morgan fingerprint density at radius 3 is 2.10 bits per heavy atom. The van der Waals surface area contributed by atoms with Crippen molar-refractivity contribution >= 4 is 15.8 Å². The second kappa shape index (κ2) is 6.50. The minimum absolute atomic E-state index is 0.0312. The average molecular weight is 295 g/mol. The molecule has 5 heteroatoms. The molecule has 110 valence electrons. The molecule has 1 heterocycles. The predicted octanol–water partition coefficient (Wildman–Crippen LogP) is 2.84. The van der Waals surface area contributed by atoms with Gasteiger partial charge in [0.15, 0.2) is 5.78 Å². The molecule has 1 aliphatic rings. The maximum Gasteiger partial charge on any atom is 0.243 e. The molecule has 0 bridgehead atoms.